The van der Waals surface area contributed by atoms with E-state index >= 15 is 0 Å². The van der Waals surface area contributed by atoms with Gasteiger partial charge in [-0.15, -0.1) is 0 Å². The molecule has 1 N–H and O–H groups in total. The van der Waals surface area contributed by atoms with Crippen molar-refractivity contribution >= 4 is 10.0 Å². The predicted octanol–water partition coefficient (Wildman–Crippen LogP) is 2.91. The summed E-state index contributed by atoms with van der Waals surface area (Å²) in [6.45, 7) is 4.29. The Bertz CT molecular complexity index is 885. The molecule has 0 bridgehead atoms. The molecule has 5 nitrogen and oxygen atoms in total. The third-order valence-corrected chi connectivity index (χ3v) is 6.54. The molecule has 1 aliphatic heterocycles. The van der Waals surface area contributed by atoms with Crippen LogP contribution in [0.3, 0.4) is 0 Å². The molecule has 128 valence electrons. The third kappa shape index (κ3) is 3.16. The van der Waals surface area contributed by atoms with Crippen LogP contribution in [0, 0.1) is 13.8 Å². The van der Waals surface area contributed by atoms with Gasteiger partial charge in [0.05, 0.1) is 10.9 Å². The molecule has 1 atom stereocenters. The summed E-state index contributed by atoms with van der Waals surface area (Å²) in [6.07, 6.45) is 4.25. The molecule has 0 radical (unpaired) electrons. The van der Waals surface area contributed by atoms with Crippen molar-refractivity contribution in [2.24, 2.45) is 0 Å². The molecule has 2 heterocycles. The van der Waals surface area contributed by atoms with E-state index in [9.17, 15) is 13.2 Å². The number of sulfonamides is 1. The van der Waals surface area contributed by atoms with Crippen molar-refractivity contribution in [2.75, 3.05) is 6.54 Å². The van der Waals surface area contributed by atoms with E-state index in [1.54, 1.807) is 22.6 Å². The lowest BCUT2D eigenvalue weighted by atomic mass is 9.96. The second-order valence-electron chi connectivity index (χ2n) is 6.38. The van der Waals surface area contributed by atoms with Gasteiger partial charge in [0, 0.05) is 18.8 Å². The number of H-pyrrole nitrogens is 1. The zero-order chi connectivity index (χ0) is 17.3. The lowest BCUT2D eigenvalue weighted by molar-refractivity contribution is 0.255. The van der Waals surface area contributed by atoms with E-state index in [-0.39, 0.29) is 11.6 Å². The molecule has 24 heavy (non-hydrogen) atoms. The number of aryl methyl sites for hydroxylation is 2. The van der Waals surface area contributed by atoms with E-state index in [0.29, 0.717) is 11.4 Å². The maximum atomic E-state index is 13.1. The molecular formula is C18H22N2O3S. The van der Waals surface area contributed by atoms with Crippen LogP contribution in [0.15, 0.2) is 46.2 Å². The van der Waals surface area contributed by atoms with E-state index in [0.717, 1.165) is 36.0 Å². The highest BCUT2D eigenvalue weighted by molar-refractivity contribution is 7.89. The van der Waals surface area contributed by atoms with Crippen LogP contribution in [0.4, 0.5) is 0 Å². The average Bonchev–Trinajstić information content (AvgIpc) is 2.55. The number of pyridine rings is 1. The first-order valence-electron chi connectivity index (χ1n) is 8.17. The summed E-state index contributed by atoms with van der Waals surface area (Å²) in [5.74, 6) is 0. The number of piperidine rings is 1. The van der Waals surface area contributed by atoms with Gasteiger partial charge in [0.25, 0.3) is 0 Å². The Labute approximate surface area is 142 Å². The molecule has 1 aromatic heterocycles. The van der Waals surface area contributed by atoms with Crippen LogP contribution in [0.25, 0.3) is 0 Å². The van der Waals surface area contributed by atoms with Gasteiger partial charge in [0.15, 0.2) is 0 Å². The summed E-state index contributed by atoms with van der Waals surface area (Å²) in [5.41, 5.74) is 2.57. The van der Waals surface area contributed by atoms with Gasteiger partial charge in [0.1, 0.15) is 0 Å². The van der Waals surface area contributed by atoms with Gasteiger partial charge in [0.2, 0.25) is 15.6 Å². The fourth-order valence-corrected chi connectivity index (χ4v) is 4.97. The van der Waals surface area contributed by atoms with Crippen molar-refractivity contribution in [3.8, 4) is 0 Å². The molecule has 0 spiro atoms. The van der Waals surface area contributed by atoms with Crippen LogP contribution in [0.2, 0.25) is 0 Å². The van der Waals surface area contributed by atoms with Gasteiger partial charge >= 0.3 is 0 Å². The predicted molar refractivity (Wildman–Crippen MR) is 93.5 cm³/mol. The summed E-state index contributed by atoms with van der Waals surface area (Å²) in [6, 6.07) is 8.25. The zero-order valence-corrected chi connectivity index (χ0v) is 14.8. The van der Waals surface area contributed by atoms with Crippen LogP contribution < -0.4 is 5.56 Å². The van der Waals surface area contributed by atoms with Crippen molar-refractivity contribution in [1.82, 2.24) is 9.29 Å². The lowest BCUT2D eigenvalue weighted by Gasteiger charge is -2.35. The lowest BCUT2D eigenvalue weighted by Crippen LogP contribution is -2.39. The first kappa shape index (κ1) is 16.9. The Morgan fingerprint density at radius 3 is 2.50 bits per heavy atom. The van der Waals surface area contributed by atoms with Gasteiger partial charge < -0.3 is 4.98 Å². The van der Waals surface area contributed by atoms with Crippen LogP contribution >= 0.6 is 0 Å². The summed E-state index contributed by atoms with van der Waals surface area (Å²) >= 11 is 0. The second kappa shape index (κ2) is 6.53. The number of aromatic amines is 1. The molecule has 6 heteroatoms. The summed E-state index contributed by atoms with van der Waals surface area (Å²) in [4.78, 5) is 14.5. The maximum absolute atomic E-state index is 13.1. The Balaban J connectivity index is 2.03. The number of rotatable bonds is 3. The summed E-state index contributed by atoms with van der Waals surface area (Å²) in [5, 5.41) is 0. The fraction of sp³-hybridized carbons (Fsp3) is 0.389. The number of hydrogen-bond donors (Lipinski definition) is 1. The topological polar surface area (TPSA) is 70.2 Å². The first-order valence-corrected chi connectivity index (χ1v) is 9.61. The zero-order valence-electron chi connectivity index (χ0n) is 14.0. The molecule has 0 unspecified atom stereocenters. The molecule has 1 saturated heterocycles. The number of hydrogen-bond acceptors (Lipinski definition) is 3. The second-order valence-corrected chi connectivity index (χ2v) is 8.27. The quantitative estimate of drug-likeness (QED) is 0.929. The Hall–Kier alpha value is -1.92. The van der Waals surface area contributed by atoms with E-state index < -0.39 is 10.0 Å². The normalized spacial score (nSPS) is 19.3. The monoisotopic (exact) mass is 346 g/mol. The highest BCUT2D eigenvalue weighted by Gasteiger charge is 2.35. The molecule has 1 fully saturated rings. The van der Waals surface area contributed by atoms with Crippen molar-refractivity contribution in [1.29, 1.82) is 0 Å². The Morgan fingerprint density at radius 2 is 1.83 bits per heavy atom. The van der Waals surface area contributed by atoms with Gasteiger partial charge in [-0.1, -0.05) is 24.1 Å². The van der Waals surface area contributed by atoms with Crippen molar-refractivity contribution < 1.29 is 8.42 Å². The van der Waals surface area contributed by atoms with Gasteiger partial charge in [-0.05, 0) is 49.9 Å². The number of benzene rings is 1. The van der Waals surface area contributed by atoms with E-state index in [4.69, 9.17) is 0 Å². The van der Waals surface area contributed by atoms with Crippen molar-refractivity contribution in [3.63, 3.8) is 0 Å². The molecule has 0 saturated carbocycles. The minimum Gasteiger partial charge on any atom is -0.329 e. The fourth-order valence-electron chi connectivity index (χ4n) is 3.29. The van der Waals surface area contributed by atoms with Crippen molar-refractivity contribution in [2.45, 2.75) is 44.0 Å². The molecule has 1 aromatic carbocycles. The SMILES string of the molecule is Cc1ccc(S(=O)(=O)N2CCCC[C@@H]2c2c[nH]c(=O)cc2C)cc1. The van der Waals surface area contributed by atoms with Gasteiger partial charge in [-0.25, -0.2) is 8.42 Å². The molecule has 1 aliphatic rings. The number of nitrogens with one attached hydrogen (secondary N) is 1. The third-order valence-electron chi connectivity index (χ3n) is 4.61. The van der Waals surface area contributed by atoms with E-state index in [2.05, 4.69) is 4.98 Å². The maximum Gasteiger partial charge on any atom is 0.248 e. The molecule has 0 amide bonds. The molecular weight excluding hydrogens is 324 g/mol. The highest BCUT2D eigenvalue weighted by atomic mass is 32.2. The minimum absolute atomic E-state index is 0.167. The molecule has 0 aliphatic carbocycles. The van der Waals surface area contributed by atoms with E-state index in [1.807, 2.05) is 26.0 Å². The van der Waals surface area contributed by atoms with Crippen molar-refractivity contribution in [3.05, 3.63) is 63.6 Å². The molecule has 3 rings (SSSR count). The van der Waals surface area contributed by atoms with Crippen LogP contribution in [-0.4, -0.2) is 24.3 Å². The van der Waals surface area contributed by atoms with Gasteiger partial charge in [-0.2, -0.15) is 4.31 Å². The first-order chi connectivity index (χ1) is 11.4. The average molecular weight is 346 g/mol. The summed E-state index contributed by atoms with van der Waals surface area (Å²) in [7, 11) is -3.56. The largest absolute Gasteiger partial charge is 0.329 e. The standard InChI is InChI=1S/C18H22N2O3S/c1-13-6-8-15(9-7-13)24(22,23)20-10-4-3-5-17(20)16-12-19-18(21)11-14(16)2/h6-9,11-12,17H,3-5,10H2,1-2H3,(H,19,21)/t17-/m1/s1. The molecule has 2 aromatic rings. The van der Waals surface area contributed by atoms with Crippen LogP contribution in [0.1, 0.15) is 42.0 Å². The smallest absolute Gasteiger partial charge is 0.248 e. The Kier molecular flexibility index (Phi) is 4.60. The number of nitrogens with zero attached hydrogens (tertiary/aromatic N) is 1. The minimum atomic E-state index is -3.56. The van der Waals surface area contributed by atoms with Gasteiger partial charge in [-0.3, -0.25) is 4.79 Å². The van der Waals surface area contributed by atoms with E-state index in [1.165, 1.54) is 6.07 Å². The Morgan fingerprint density at radius 1 is 1.12 bits per heavy atom. The number of aromatic nitrogens is 1. The summed E-state index contributed by atoms with van der Waals surface area (Å²) < 4.78 is 27.8. The highest BCUT2D eigenvalue weighted by Crippen LogP contribution is 2.36. The van der Waals surface area contributed by atoms with Crippen LogP contribution in [0.5, 0.6) is 0 Å². The van der Waals surface area contributed by atoms with Crippen LogP contribution in [-0.2, 0) is 10.0 Å².